The number of hydrogen-bond acceptors (Lipinski definition) is 2. The maximum Gasteiger partial charge on any atom is 0.319 e. The van der Waals surface area contributed by atoms with E-state index in [1.54, 1.807) is 0 Å². The van der Waals surface area contributed by atoms with Crippen LogP contribution < -0.4 is 10.6 Å². The molecule has 0 aliphatic carbocycles. The summed E-state index contributed by atoms with van der Waals surface area (Å²) >= 11 is 0. The number of hydrogen-bond donors (Lipinski definition) is 3. The summed E-state index contributed by atoms with van der Waals surface area (Å²) in [5.41, 5.74) is -0.731. The Morgan fingerprint density at radius 2 is 1.71 bits per heavy atom. The second-order valence-electron chi connectivity index (χ2n) is 4.72. The molecular formula is C14H19F3N2O2. The maximum atomic E-state index is 13.3. The predicted molar refractivity (Wildman–Crippen MR) is 73.4 cm³/mol. The van der Waals surface area contributed by atoms with Crippen LogP contribution in [0.4, 0.5) is 23.7 Å². The lowest BCUT2D eigenvalue weighted by molar-refractivity contribution is 0.104. The van der Waals surface area contributed by atoms with Crippen molar-refractivity contribution in [2.24, 2.45) is 5.92 Å². The van der Waals surface area contributed by atoms with Gasteiger partial charge in [-0.25, -0.2) is 18.0 Å². The first-order valence-corrected chi connectivity index (χ1v) is 6.76. The molecule has 0 saturated carbocycles. The third-order valence-corrected chi connectivity index (χ3v) is 3.31. The van der Waals surface area contributed by atoms with Gasteiger partial charge in [0.05, 0.1) is 6.10 Å². The molecule has 1 aromatic carbocycles. The van der Waals surface area contributed by atoms with Gasteiger partial charge in [0, 0.05) is 18.7 Å². The van der Waals surface area contributed by atoms with Crippen molar-refractivity contribution < 1.29 is 23.1 Å². The number of anilines is 1. The Hall–Kier alpha value is -1.76. The molecule has 3 N–H and O–H groups in total. The molecular weight excluding hydrogens is 285 g/mol. The minimum absolute atomic E-state index is 0.0320. The third-order valence-electron chi connectivity index (χ3n) is 3.31. The third kappa shape index (κ3) is 4.93. The van der Waals surface area contributed by atoms with E-state index in [0.29, 0.717) is 12.1 Å². The van der Waals surface area contributed by atoms with Gasteiger partial charge < -0.3 is 15.7 Å². The van der Waals surface area contributed by atoms with Crippen molar-refractivity contribution in [1.82, 2.24) is 5.32 Å². The summed E-state index contributed by atoms with van der Waals surface area (Å²) in [5.74, 6) is -3.45. The molecule has 21 heavy (non-hydrogen) atoms. The minimum atomic E-state index is -1.21. The summed E-state index contributed by atoms with van der Waals surface area (Å²) in [6, 6.07) is 0.0690. The van der Waals surface area contributed by atoms with Crippen LogP contribution in [0.1, 0.15) is 26.7 Å². The highest BCUT2D eigenvalue weighted by molar-refractivity contribution is 5.89. The van der Waals surface area contributed by atoms with Gasteiger partial charge in [-0.05, 0) is 5.92 Å². The van der Waals surface area contributed by atoms with Crippen LogP contribution in [-0.2, 0) is 0 Å². The molecule has 0 bridgehead atoms. The fourth-order valence-corrected chi connectivity index (χ4v) is 2.02. The van der Waals surface area contributed by atoms with Crippen molar-refractivity contribution in [3.63, 3.8) is 0 Å². The molecule has 1 atom stereocenters. The monoisotopic (exact) mass is 304 g/mol. The van der Waals surface area contributed by atoms with Crippen LogP contribution in [0.3, 0.4) is 0 Å². The van der Waals surface area contributed by atoms with E-state index < -0.39 is 35.3 Å². The molecule has 7 heteroatoms. The van der Waals surface area contributed by atoms with Gasteiger partial charge >= 0.3 is 6.03 Å². The zero-order chi connectivity index (χ0) is 16.0. The molecule has 0 fully saturated rings. The average molecular weight is 304 g/mol. The van der Waals surface area contributed by atoms with Gasteiger partial charge in [0.2, 0.25) is 0 Å². The van der Waals surface area contributed by atoms with Crippen LogP contribution in [0.5, 0.6) is 0 Å². The second-order valence-corrected chi connectivity index (χ2v) is 4.72. The maximum absolute atomic E-state index is 13.3. The number of aliphatic hydroxyl groups is 1. The first kappa shape index (κ1) is 17.3. The standard InChI is InChI=1S/C14H19F3N2O2/c1-3-8(4-2)12(20)7-18-14(21)19-13-10(16)5-9(15)6-11(13)17/h5-6,8,12,20H,3-4,7H2,1-2H3,(H2,18,19,21). The molecule has 0 aromatic heterocycles. The van der Waals surface area contributed by atoms with Crippen molar-refractivity contribution >= 4 is 11.7 Å². The molecule has 1 unspecified atom stereocenters. The highest BCUT2D eigenvalue weighted by Gasteiger charge is 2.18. The highest BCUT2D eigenvalue weighted by atomic mass is 19.1. The Balaban J connectivity index is 2.59. The number of urea groups is 1. The molecule has 0 radical (unpaired) electrons. The van der Waals surface area contributed by atoms with E-state index in [-0.39, 0.29) is 12.5 Å². The van der Waals surface area contributed by atoms with E-state index >= 15 is 0 Å². The predicted octanol–water partition coefficient (Wildman–Crippen LogP) is 3.02. The second kappa shape index (κ2) is 7.87. The molecule has 0 aliphatic rings. The molecule has 1 rings (SSSR count). The van der Waals surface area contributed by atoms with Crippen LogP contribution in [0, 0.1) is 23.4 Å². The first-order valence-electron chi connectivity index (χ1n) is 6.76. The zero-order valence-corrected chi connectivity index (χ0v) is 11.9. The van der Waals surface area contributed by atoms with Crippen molar-refractivity contribution in [3.05, 3.63) is 29.6 Å². The molecule has 0 aliphatic heterocycles. The zero-order valence-electron chi connectivity index (χ0n) is 11.9. The van der Waals surface area contributed by atoms with Crippen LogP contribution in [0.15, 0.2) is 12.1 Å². The van der Waals surface area contributed by atoms with Crippen molar-refractivity contribution in [2.75, 3.05) is 11.9 Å². The smallest absolute Gasteiger partial charge is 0.319 e. The van der Waals surface area contributed by atoms with Crippen molar-refractivity contribution in [1.29, 1.82) is 0 Å². The Labute approximate surface area is 121 Å². The Bertz CT molecular complexity index is 470. The molecule has 2 amide bonds. The van der Waals surface area contributed by atoms with Crippen LogP contribution in [-0.4, -0.2) is 23.8 Å². The van der Waals surface area contributed by atoms with Gasteiger partial charge in [0.15, 0.2) is 11.6 Å². The lowest BCUT2D eigenvalue weighted by Crippen LogP contribution is -2.38. The van der Waals surface area contributed by atoms with Gasteiger partial charge in [-0.2, -0.15) is 0 Å². The van der Waals surface area contributed by atoms with E-state index in [0.717, 1.165) is 12.8 Å². The minimum Gasteiger partial charge on any atom is -0.391 e. The van der Waals surface area contributed by atoms with Gasteiger partial charge in [-0.3, -0.25) is 0 Å². The molecule has 118 valence electrons. The van der Waals surface area contributed by atoms with E-state index in [9.17, 15) is 23.1 Å². The fourth-order valence-electron chi connectivity index (χ4n) is 2.02. The lowest BCUT2D eigenvalue weighted by atomic mass is 9.97. The molecule has 0 heterocycles. The Kier molecular flexibility index (Phi) is 6.48. The van der Waals surface area contributed by atoms with Gasteiger partial charge in [0.1, 0.15) is 11.5 Å². The number of benzene rings is 1. The Morgan fingerprint density at radius 1 is 1.19 bits per heavy atom. The summed E-state index contributed by atoms with van der Waals surface area (Å²) in [5, 5.41) is 14.1. The van der Waals surface area contributed by atoms with Crippen LogP contribution >= 0.6 is 0 Å². The van der Waals surface area contributed by atoms with Crippen LogP contribution in [0.25, 0.3) is 0 Å². The summed E-state index contributed by atoms with van der Waals surface area (Å²) in [6.45, 7) is 3.80. The van der Waals surface area contributed by atoms with Gasteiger partial charge in [0.25, 0.3) is 0 Å². The summed E-state index contributed by atoms with van der Waals surface area (Å²) < 4.78 is 39.4. The summed E-state index contributed by atoms with van der Waals surface area (Å²) in [4.78, 5) is 11.5. The quantitative estimate of drug-likeness (QED) is 0.756. The molecule has 4 nitrogen and oxygen atoms in total. The molecule has 0 saturated heterocycles. The number of carbonyl (C=O) groups is 1. The number of carbonyl (C=O) groups excluding carboxylic acids is 1. The van der Waals surface area contributed by atoms with Crippen molar-refractivity contribution in [3.8, 4) is 0 Å². The van der Waals surface area contributed by atoms with E-state index in [4.69, 9.17) is 0 Å². The number of rotatable bonds is 6. The van der Waals surface area contributed by atoms with E-state index in [2.05, 4.69) is 5.32 Å². The number of aliphatic hydroxyl groups excluding tert-OH is 1. The van der Waals surface area contributed by atoms with E-state index in [1.807, 2.05) is 19.2 Å². The van der Waals surface area contributed by atoms with E-state index in [1.165, 1.54) is 0 Å². The number of nitrogens with one attached hydrogen (secondary N) is 2. The van der Waals surface area contributed by atoms with Gasteiger partial charge in [-0.15, -0.1) is 0 Å². The average Bonchev–Trinajstić information content (AvgIpc) is 2.42. The van der Waals surface area contributed by atoms with Gasteiger partial charge in [-0.1, -0.05) is 26.7 Å². The summed E-state index contributed by atoms with van der Waals surface area (Å²) in [6.07, 6.45) is 0.762. The topological polar surface area (TPSA) is 61.4 Å². The first-order chi connectivity index (χ1) is 9.88. The number of amides is 2. The van der Waals surface area contributed by atoms with Crippen LogP contribution in [0.2, 0.25) is 0 Å². The Morgan fingerprint density at radius 3 is 2.19 bits per heavy atom. The normalized spacial score (nSPS) is 12.3. The SMILES string of the molecule is CCC(CC)C(O)CNC(=O)Nc1c(F)cc(F)cc1F. The summed E-state index contributed by atoms with van der Waals surface area (Å²) in [7, 11) is 0. The van der Waals surface area contributed by atoms with Crippen molar-refractivity contribution in [2.45, 2.75) is 32.8 Å². The highest BCUT2D eigenvalue weighted by Crippen LogP contribution is 2.20. The molecule has 0 spiro atoms. The largest absolute Gasteiger partial charge is 0.391 e. The number of halogens is 3. The molecule has 1 aromatic rings. The fraction of sp³-hybridized carbons (Fsp3) is 0.500. The lowest BCUT2D eigenvalue weighted by Gasteiger charge is -2.20.